The van der Waals surface area contributed by atoms with E-state index in [0.717, 1.165) is 10.8 Å². The zero-order valence-electron chi connectivity index (χ0n) is 11.1. The maximum absolute atomic E-state index is 6.17. The first-order valence-electron chi connectivity index (χ1n) is 6.43. The van der Waals surface area contributed by atoms with Gasteiger partial charge in [0.05, 0.1) is 0 Å². The Labute approximate surface area is 119 Å². The summed E-state index contributed by atoms with van der Waals surface area (Å²) >= 11 is 0. The quantitative estimate of drug-likeness (QED) is 0.286. The highest BCUT2D eigenvalue weighted by molar-refractivity contribution is 6.41. The first-order valence-corrected chi connectivity index (χ1v) is 6.43. The van der Waals surface area contributed by atoms with Crippen LogP contribution in [0.1, 0.15) is 0 Å². The van der Waals surface area contributed by atoms with Crippen molar-refractivity contribution in [1.82, 2.24) is 6.15 Å². The maximum Gasteiger partial charge on any atom is 0.114 e. The second kappa shape index (κ2) is 4.66. The zero-order valence-corrected chi connectivity index (χ0v) is 11.1. The molecule has 0 saturated heterocycles. The van der Waals surface area contributed by atoms with Crippen molar-refractivity contribution in [2.24, 2.45) is 0 Å². The van der Waals surface area contributed by atoms with Crippen LogP contribution in [0.5, 0.6) is 0 Å². The van der Waals surface area contributed by atoms with Gasteiger partial charge in [-0.25, -0.2) is 0 Å². The molecule has 4 aromatic rings. The molecule has 0 fully saturated rings. The molecule has 0 amide bonds. The number of rotatable bonds is 0. The van der Waals surface area contributed by atoms with E-state index in [-0.39, 0.29) is 6.15 Å². The van der Waals surface area contributed by atoms with Gasteiger partial charge in [0.1, 0.15) is 7.85 Å². The molecule has 0 saturated carbocycles. The summed E-state index contributed by atoms with van der Waals surface area (Å²) in [6.45, 7) is 0. The summed E-state index contributed by atoms with van der Waals surface area (Å²) in [5.74, 6) is 0. The Kier molecular flexibility index (Phi) is 2.96. The van der Waals surface area contributed by atoms with Gasteiger partial charge in [-0.15, -0.1) is 0 Å². The lowest BCUT2D eigenvalue weighted by Crippen LogP contribution is -2.03. The van der Waals surface area contributed by atoms with E-state index in [0.29, 0.717) is 0 Å². The Morgan fingerprint density at radius 2 is 1.25 bits per heavy atom. The highest BCUT2D eigenvalue weighted by Crippen LogP contribution is 2.28. The van der Waals surface area contributed by atoms with Crippen molar-refractivity contribution in [3.8, 4) is 0 Å². The minimum atomic E-state index is 0. The Morgan fingerprint density at radius 3 is 2.05 bits per heavy atom. The molecule has 0 aliphatic carbocycles. The largest absolute Gasteiger partial charge is 0.344 e. The lowest BCUT2D eigenvalue weighted by Gasteiger charge is -2.09. The molecule has 4 aromatic carbocycles. The lowest BCUT2D eigenvalue weighted by molar-refractivity contribution is 1.79. The summed E-state index contributed by atoms with van der Waals surface area (Å²) in [6.07, 6.45) is 0. The van der Waals surface area contributed by atoms with Gasteiger partial charge in [0.15, 0.2) is 0 Å². The van der Waals surface area contributed by atoms with Crippen LogP contribution in [0.25, 0.3) is 32.3 Å². The van der Waals surface area contributed by atoms with Crippen molar-refractivity contribution in [1.29, 1.82) is 0 Å². The molecule has 0 bridgehead atoms. The summed E-state index contributed by atoms with van der Waals surface area (Å²) in [6, 6.07) is 23.3. The highest BCUT2D eigenvalue weighted by atomic mass is 14.1. The van der Waals surface area contributed by atoms with E-state index in [4.69, 9.17) is 7.85 Å². The molecule has 1 nitrogen and oxygen atoms in total. The molecule has 20 heavy (non-hydrogen) atoms. The third kappa shape index (κ3) is 1.77. The molecule has 0 heterocycles. The molecule has 0 spiro atoms. The molecule has 2 heteroatoms. The van der Waals surface area contributed by atoms with Gasteiger partial charge in [-0.3, -0.25) is 0 Å². The van der Waals surface area contributed by atoms with Crippen LogP contribution in [0.3, 0.4) is 0 Å². The third-order valence-corrected chi connectivity index (χ3v) is 3.76. The van der Waals surface area contributed by atoms with Gasteiger partial charge in [0, 0.05) is 0 Å². The fourth-order valence-electron chi connectivity index (χ4n) is 2.83. The van der Waals surface area contributed by atoms with E-state index in [2.05, 4.69) is 54.6 Å². The van der Waals surface area contributed by atoms with E-state index in [1.54, 1.807) is 0 Å². The average molecular weight is 255 g/mol. The van der Waals surface area contributed by atoms with Gasteiger partial charge in [-0.05, 0) is 44.5 Å². The average Bonchev–Trinajstić information content (AvgIpc) is 2.45. The van der Waals surface area contributed by atoms with E-state index in [1.165, 1.54) is 26.9 Å². The van der Waals surface area contributed by atoms with Crippen molar-refractivity contribution < 1.29 is 0 Å². The molecule has 0 aromatic heterocycles. The molecule has 94 valence electrons. The van der Waals surface area contributed by atoms with Crippen LogP contribution in [-0.4, -0.2) is 7.85 Å². The smallest absolute Gasteiger partial charge is 0.114 e. The minimum Gasteiger partial charge on any atom is -0.344 e. The van der Waals surface area contributed by atoms with Crippen molar-refractivity contribution >= 4 is 45.6 Å². The van der Waals surface area contributed by atoms with E-state index < -0.39 is 0 Å². The van der Waals surface area contributed by atoms with Crippen LogP contribution >= 0.6 is 0 Å². The van der Waals surface area contributed by atoms with Crippen LogP contribution < -0.4 is 11.6 Å². The van der Waals surface area contributed by atoms with Crippen LogP contribution in [0.4, 0.5) is 0 Å². The number of hydrogen-bond acceptors (Lipinski definition) is 1. The van der Waals surface area contributed by atoms with Crippen molar-refractivity contribution in [2.45, 2.75) is 0 Å². The number of hydrogen-bond donors (Lipinski definition) is 1. The molecule has 3 N–H and O–H groups in total. The van der Waals surface area contributed by atoms with Crippen molar-refractivity contribution in [3.05, 3.63) is 66.7 Å². The second-order valence-electron chi connectivity index (χ2n) is 4.93. The number of fused-ring (bicyclic) bond motifs is 4. The van der Waals surface area contributed by atoms with Gasteiger partial charge in [0.25, 0.3) is 0 Å². The van der Waals surface area contributed by atoms with Crippen LogP contribution in [0.15, 0.2) is 66.7 Å². The zero-order chi connectivity index (χ0) is 12.8. The molecule has 0 atom stereocenters. The van der Waals surface area contributed by atoms with Crippen molar-refractivity contribution in [3.63, 3.8) is 0 Å². The summed E-state index contributed by atoms with van der Waals surface area (Å²) < 4.78 is 0. The van der Waals surface area contributed by atoms with Crippen LogP contribution in [-0.2, 0) is 0 Å². The first-order chi connectivity index (χ1) is 9.33. The predicted octanol–water partition coefficient (Wildman–Crippen LogP) is 4.10. The van der Waals surface area contributed by atoms with E-state index >= 15 is 0 Å². The summed E-state index contributed by atoms with van der Waals surface area (Å²) in [5.41, 5.74) is 0.846. The second-order valence-corrected chi connectivity index (χ2v) is 4.93. The highest BCUT2D eigenvalue weighted by Gasteiger charge is 2.04. The Hall–Kier alpha value is -2.32. The lowest BCUT2D eigenvalue weighted by atomic mass is 9.87. The van der Waals surface area contributed by atoms with Gasteiger partial charge in [-0.2, -0.15) is 0 Å². The Bertz CT molecular complexity index is 928. The SMILES string of the molecule is N.[B]c1cccc2ccc3cc4ccccc4cc3c12. The molecule has 0 unspecified atom stereocenters. The van der Waals surface area contributed by atoms with Crippen molar-refractivity contribution in [2.75, 3.05) is 0 Å². The summed E-state index contributed by atoms with van der Waals surface area (Å²) in [7, 11) is 6.17. The fourth-order valence-corrected chi connectivity index (χ4v) is 2.83. The first kappa shape index (κ1) is 12.7. The third-order valence-electron chi connectivity index (χ3n) is 3.76. The van der Waals surface area contributed by atoms with E-state index in [1.807, 2.05) is 12.1 Å². The Balaban J connectivity index is 0.00000121. The molecular formula is C18H14BN. The molecular weight excluding hydrogens is 241 g/mol. The van der Waals surface area contributed by atoms with Gasteiger partial charge >= 0.3 is 0 Å². The fraction of sp³-hybridized carbons (Fsp3) is 0. The maximum atomic E-state index is 6.17. The molecule has 0 aliphatic rings. The monoisotopic (exact) mass is 255 g/mol. The minimum absolute atomic E-state index is 0. The van der Waals surface area contributed by atoms with Crippen LogP contribution in [0.2, 0.25) is 0 Å². The van der Waals surface area contributed by atoms with Gasteiger partial charge in [-0.1, -0.05) is 60.1 Å². The molecule has 4 rings (SSSR count). The van der Waals surface area contributed by atoms with Gasteiger partial charge in [0.2, 0.25) is 0 Å². The number of benzene rings is 4. The molecule has 2 radical (unpaired) electrons. The Morgan fingerprint density at radius 1 is 0.600 bits per heavy atom. The normalized spacial score (nSPS) is 10.8. The van der Waals surface area contributed by atoms with Gasteiger partial charge < -0.3 is 6.15 Å². The van der Waals surface area contributed by atoms with Crippen LogP contribution in [0, 0.1) is 0 Å². The van der Waals surface area contributed by atoms with E-state index in [9.17, 15) is 0 Å². The predicted molar refractivity (Wildman–Crippen MR) is 89.4 cm³/mol. The standard InChI is InChI=1S/C18H11B.H3N/c19-17-7-3-6-12-8-9-15-10-13-4-1-2-5-14(13)11-16(15)18(12)17;/h1-11H;1H3. The topological polar surface area (TPSA) is 35.0 Å². The summed E-state index contributed by atoms with van der Waals surface area (Å²) in [5, 5.41) is 7.35. The summed E-state index contributed by atoms with van der Waals surface area (Å²) in [4.78, 5) is 0. The molecule has 0 aliphatic heterocycles.